The molecule has 3 aromatic carbocycles. The molecule has 2 heterocycles. The average molecular weight is 549 g/mol. The van der Waals surface area contributed by atoms with Crippen LogP contribution in [0.3, 0.4) is 0 Å². The first-order chi connectivity index (χ1) is 18.9. The number of para-hydroxylation sites is 2. The van der Waals surface area contributed by atoms with Gasteiger partial charge < -0.3 is 14.8 Å². The second-order valence-corrected chi connectivity index (χ2v) is 9.78. The maximum atomic E-state index is 14.1. The van der Waals surface area contributed by atoms with E-state index in [2.05, 4.69) is 9.88 Å². The molecule has 0 saturated heterocycles. The van der Waals surface area contributed by atoms with Crippen molar-refractivity contribution >= 4 is 34.9 Å². The summed E-state index contributed by atoms with van der Waals surface area (Å²) in [5.41, 5.74) is 3.43. The number of unbranched alkanes of at least 4 members (excludes halogenated alkanes) is 1. The van der Waals surface area contributed by atoms with Crippen LogP contribution in [0, 0.1) is 11.6 Å². The van der Waals surface area contributed by atoms with Gasteiger partial charge >= 0.3 is 6.03 Å². The highest BCUT2D eigenvalue weighted by Crippen LogP contribution is 2.42. The second kappa shape index (κ2) is 11.3. The van der Waals surface area contributed by atoms with Gasteiger partial charge in [-0.3, -0.25) is 9.69 Å². The Bertz CT molecular complexity index is 1510. The molecule has 1 aromatic heterocycles. The van der Waals surface area contributed by atoms with Crippen LogP contribution in [0.1, 0.15) is 37.1 Å². The van der Waals surface area contributed by atoms with Crippen LogP contribution in [0.15, 0.2) is 85.1 Å². The van der Waals surface area contributed by atoms with E-state index in [1.165, 1.54) is 11.0 Å². The van der Waals surface area contributed by atoms with Crippen molar-refractivity contribution in [3.8, 4) is 5.69 Å². The van der Waals surface area contributed by atoms with Crippen molar-refractivity contribution in [3.63, 3.8) is 0 Å². The number of halogens is 3. The van der Waals surface area contributed by atoms with E-state index in [1.807, 2.05) is 61.7 Å². The van der Waals surface area contributed by atoms with E-state index in [0.29, 0.717) is 23.7 Å². The summed E-state index contributed by atoms with van der Waals surface area (Å²) >= 11 is 6.17. The number of nitrogens with one attached hydrogen (secondary N) is 1. The third-order valence-corrected chi connectivity index (χ3v) is 6.99. The van der Waals surface area contributed by atoms with Gasteiger partial charge in [-0.15, -0.1) is 0 Å². The summed E-state index contributed by atoms with van der Waals surface area (Å²) < 4.78 is 29.2. The number of urea groups is 1. The minimum atomic E-state index is -1.07. The lowest BCUT2D eigenvalue weighted by Crippen LogP contribution is -2.48. The van der Waals surface area contributed by atoms with Crippen LogP contribution in [0.4, 0.5) is 25.0 Å². The minimum absolute atomic E-state index is 0.105. The molecule has 5 rings (SSSR count). The Labute approximate surface area is 230 Å². The Balaban J connectivity index is 1.49. The van der Waals surface area contributed by atoms with Gasteiger partial charge in [-0.1, -0.05) is 49.2 Å². The largest absolute Gasteiger partial charge is 0.322 e. The van der Waals surface area contributed by atoms with Gasteiger partial charge in [-0.25, -0.2) is 13.6 Å². The molecule has 0 fully saturated rings. The quantitative estimate of drug-likeness (QED) is 0.266. The normalized spacial score (nSPS) is 13.9. The Morgan fingerprint density at radius 2 is 1.69 bits per heavy atom. The molecule has 1 atom stereocenters. The molecule has 9 heteroatoms. The summed E-state index contributed by atoms with van der Waals surface area (Å²) in [7, 11) is 0. The lowest BCUT2D eigenvalue weighted by atomic mass is 9.97. The first kappa shape index (κ1) is 26.4. The lowest BCUT2D eigenvalue weighted by molar-refractivity contribution is -0.119. The van der Waals surface area contributed by atoms with E-state index in [1.54, 1.807) is 17.0 Å². The van der Waals surface area contributed by atoms with Crippen LogP contribution in [-0.4, -0.2) is 34.5 Å². The van der Waals surface area contributed by atoms with Crippen molar-refractivity contribution in [1.82, 2.24) is 9.47 Å². The van der Waals surface area contributed by atoms with E-state index < -0.39 is 23.7 Å². The number of hydrogen-bond donors (Lipinski definition) is 1. The number of carbonyl (C=O) groups is 2. The Morgan fingerprint density at radius 1 is 0.949 bits per heavy atom. The molecule has 0 radical (unpaired) electrons. The highest BCUT2D eigenvalue weighted by atomic mass is 35.5. The third-order valence-electron chi connectivity index (χ3n) is 6.74. The number of amides is 3. The number of nitrogens with zero attached hydrogens (tertiary/aromatic N) is 3. The summed E-state index contributed by atoms with van der Waals surface area (Å²) in [6, 6.07) is 21.0. The molecule has 0 aliphatic carbocycles. The number of aromatic nitrogens is 1. The number of fused-ring (bicyclic) bond motifs is 3. The van der Waals surface area contributed by atoms with Crippen LogP contribution in [-0.2, 0) is 4.79 Å². The number of rotatable bonds is 7. The summed E-state index contributed by atoms with van der Waals surface area (Å²) in [6.45, 7) is 2.09. The molecule has 4 aromatic rings. The van der Waals surface area contributed by atoms with E-state index >= 15 is 0 Å². The maximum absolute atomic E-state index is 14.1. The third kappa shape index (κ3) is 5.38. The summed E-state index contributed by atoms with van der Waals surface area (Å²) in [5, 5.41) is 3.18. The summed E-state index contributed by atoms with van der Waals surface area (Å²) in [4.78, 5) is 30.5. The van der Waals surface area contributed by atoms with Crippen molar-refractivity contribution in [1.29, 1.82) is 0 Å². The van der Waals surface area contributed by atoms with Gasteiger partial charge in [0, 0.05) is 29.5 Å². The highest BCUT2D eigenvalue weighted by Gasteiger charge is 2.37. The fraction of sp³-hybridized carbons (Fsp3) is 0.200. The Hall–Kier alpha value is -4.17. The second-order valence-electron chi connectivity index (χ2n) is 9.34. The van der Waals surface area contributed by atoms with Crippen LogP contribution in [0.2, 0.25) is 5.02 Å². The van der Waals surface area contributed by atoms with Crippen molar-refractivity contribution in [2.45, 2.75) is 25.8 Å². The first-order valence-electron chi connectivity index (χ1n) is 12.7. The van der Waals surface area contributed by atoms with Crippen molar-refractivity contribution < 1.29 is 18.4 Å². The zero-order chi connectivity index (χ0) is 27.5. The molecule has 1 aliphatic heterocycles. The molecule has 0 saturated carbocycles. The van der Waals surface area contributed by atoms with Crippen LogP contribution >= 0.6 is 11.6 Å². The smallest absolute Gasteiger partial charge is 0.316 e. The van der Waals surface area contributed by atoms with E-state index in [4.69, 9.17) is 11.6 Å². The fourth-order valence-corrected chi connectivity index (χ4v) is 4.97. The SMILES string of the molecule is CCCCN(CC(=O)N1c2ccccc2-n2cccc2[C@@H]1c1ccc(Cl)cc1)C(=O)Nc1ccc(F)c(F)c1. The Morgan fingerprint density at radius 3 is 2.41 bits per heavy atom. The van der Waals surface area contributed by atoms with Crippen molar-refractivity contribution in [3.05, 3.63) is 113 Å². The summed E-state index contributed by atoms with van der Waals surface area (Å²) in [6.07, 6.45) is 3.43. The molecule has 6 nitrogen and oxygen atoms in total. The molecule has 1 N–H and O–H groups in total. The molecule has 39 heavy (non-hydrogen) atoms. The van der Waals surface area contributed by atoms with Gasteiger partial charge in [0.1, 0.15) is 12.6 Å². The van der Waals surface area contributed by atoms with Crippen LogP contribution < -0.4 is 10.2 Å². The number of hydrogen-bond acceptors (Lipinski definition) is 2. The topological polar surface area (TPSA) is 57.6 Å². The van der Waals surface area contributed by atoms with Crippen molar-refractivity contribution in [2.24, 2.45) is 0 Å². The first-order valence-corrected chi connectivity index (χ1v) is 13.1. The number of benzene rings is 3. The standard InChI is InChI=1S/C30H27ClF2N4O2/c1-2-3-16-35(30(39)34-22-14-15-23(32)24(33)18-22)19-28(38)37-26-8-5-4-7-25(26)36-17-6-9-27(36)29(37)20-10-12-21(31)13-11-20/h4-15,17-18,29H,2-3,16,19H2,1H3,(H,34,39)/t29-/m0/s1. The molecular formula is C30H27ClF2N4O2. The van der Waals surface area contributed by atoms with Crippen molar-refractivity contribution in [2.75, 3.05) is 23.3 Å². The van der Waals surface area contributed by atoms with Gasteiger partial charge in [-0.05, 0) is 60.5 Å². The van der Waals surface area contributed by atoms with Crippen LogP contribution in [0.5, 0.6) is 0 Å². The number of anilines is 2. The molecular weight excluding hydrogens is 522 g/mol. The minimum Gasteiger partial charge on any atom is -0.316 e. The maximum Gasteiger partial charge on any atom is 0.322 e. The zero-order valence-electron chi connectivity index (χ0n) is 21.3. The molecule has 0 spiro atoms. The molecule has 3 amide bonds. The highest BCUT2D eigenvalue weighted by molar-refractivity contribution is 6.30. The van der Waals surface area contributed by atoms with Gasteiger partial charge in [-0.2, -0.15) is 0 Å². The summed E-state index contributed by atoms with van der Waals surface area (Å²) in [5.74, 6) is -2.36. The molecule has 1 aliphatic rings. The van der Waals surface area contributed by atoms with Crippen LogP contribution in [0.25, 0.3) is 5.69 Å². The monoisotopic (exact) mass is 548 g/mol. The fourth-order valence-electron chi connectivity index (χ4n) is 4.84. The van der Waals surface area contributed by atoms with Gasteiger partial charge in [0.15, 0.2) is 11.6 Å². The molecule has 0 bridgehead atoms. The molecule has 0 unspecified atom stereocenters. The van der Waals surface area contributed by atoms with Gasteiger partial charge in [0.25, 0.3) is 0 Å². The average Bonchev–Trinajstić information content (AvgIpc) is 3.43. The van der Waals surface area contributed by atoms with Gasteiger partial charge in [0.2, 0.25) is 5.91 Å². The predicted octanol–water partition coefficient (Wildman–Crippen LogP) is 7.18. The van der Waals surface area contributed by atoms with Gasteiger partial charge in [0.05, 0.1) is 17.1 Å². The zero-order valence-corrected chi connectivity index (χ0v) is 22.0. The van der Waals surface area contributed by atoms with E-state index in [9.17, 15) is 18.4 Å². The van der Waals surface area contributed by atoms with E-state index in [-0.39, 0.29) is 18.1 Å². The van der Waals surface area contributed by atoms with E-state index in [0.717, 1.165) is 35.5 Å². The lowest BCUT2D eigenvalue weighted by Gasteiger charge is -2.39. The Kier molecular flexibility index (Phi) is 7.65. The predicted molar refractivity (Wildman–Crippen MR) is 148 cm³/mol. The number of carbonyl (C=O) groups excluding carboxylic acids is 2. The molecule has 200 valence electrons.